The van der Waals surface area contributed by atoms with E-state index in [1.807, 2.05) is 6.20 Å². The summed E-state index contributed by atoms with van der Waals surface area (Å²) in [5.41, 5.74) is 0.824. The van der Waals surface area contributed by atoms with Gasteiger partial charge in [0.15, 0.2) is 0 Å². The standard InChI is InChI=1S/C11H21N3O2/c1-10(2)4-7-16-8-5-14-9-11(3-6-15)12-13-14/h9-10,15H,3-8H2,1-2H3. The van der Waals surface area contributed by atoms with Crippen LogP contribution in [0.3, 0.4) is 0 Å². The summed E-state index contributed by atoms with van der Waals surface area (Å²) in [4.78, 5) is 0. The molecule has 1 aromatic heterocycles. The Morgan fingerprint density at radius 1 is 1.44 bits per heavy atom. The van der Waals surface area contributed by atoms with E-state index in [2.05, 4.69) is 24.2 Å². The molecule has 1 N–H and O–H groups in total. The lowest BCUT2D eigenvalue weighted by Crippen LogP contribution is -2.08. The van der Waals surface area contributed by atoms with Crippen LogP contribution >= 0.6 is 0 Å². The van der Waals surface area contributed by atoms with Gasteiger partial charge >= 0.3 is 0 Å². The summed E-state index contributed by atoms with van der Waals surface area (Å²) in [6, 6.07) is 0. The maximum Gasteiger partial charge on any atom is 0.0849 e. The Kier molecular flexibility index (Phi) is 6.03. The molecule has 1 rings (SSSR count). The first-order valence-corrected chi connectivity index (χ1v) is 5.80. The van der Waals surface area contributed by atoms with Crippen LogP contribution in [0, 0.1) is 5.92 Å². The average Bonchev–Trinajstić information content (AvgIpc) is 2.65. The largest absolute Gasteiger partial charge is 0.396 e. The lowest BCUT2D eigenvalue weighted by Gasteiger charge is -2.05. The fourth-order valence-electron chi connectivity index (χ4n) is 1.26. The minimum absolute atomic E-state index is 0.115. The van der Waals surface area contributed by atoms with Crippen LogP contribution in [0.4, 0.5) is 0 Å². The topological polar surface area (TPSA) is 60.2 Å². The van der Waals surface area contributed by atoms with Gasteiger partial charge in [0.2, 0.25) is 0 Å². The molecule has 0 spiro atoms. The number of aromatic nitrogens is 3. The first-order valence-electron chi connectivity index (χ1n) is 5.80. The number of ether oxygens (including phenoxy) is 1. The summed E-state index contributed by atoms with van der Waals surface area (Å²) in [6.07, 6.45) is 3.50. The molecule has 0 fully saturated rings. The predicted molar refractivity (Wildman–Crippen MR) is 61.1 cm³/mol. The third-order valence-corrected chi connectivity index (χ3v) is 2.26. The van der Waals surface area contributed by atoms with Crippen molar-refractivity contribution in [2.45, 2.75) is 33.2 Å². The highest BCUT2D eigenvalue weighted by Crippen LogP contribution is 1.99. The summed E-state index contributed by atoms with van der Waals surface area (Å²) in [5.74, 6) is 0.683. The Labute approximate surface area is 96.4 Å². The second-order valence-corrected chi connectivity index (χ2v) is 4.24. The van der Waals surface area contributed by atoms with Crippen LogP contribution in [0.5, 0.6) is 0 Å². The van der Waals surface area contributed by atoms with Crippen molar-refractivity contribution in [2.24, 2.45) is 5.92 Å². The zero-order chi connectivity index (χ0) is 11.8. The van der Waals surface area contributed by atoms with Crippen molar-refractivity contribution in [3.63, 3.8) is 0 Å². The van der Waals surface area contributed by atoms with Crippen LogP contribution in [0.1, 0.15) is 26.0 Å². The molecular formula is C11H21N3O2. The van der Waals surface area contributed by atoms with E-state index < -0.39 is 0 Å². The molecule has 0 amide bonds. The Balaban J connectivity index is 2.12. The Hall–Kier alpha value is -0.940. The summed E-state index contributed by atoms with van der Waals surface area (Å²) >= 11 is 0. The number of rotatable bonds is 8. The van der Waals surface area contributed by atoms with Crippen LogP contribution in [-0.2, 0) is 17.7 Å². The molecule has 92 valence electrons. The molecule has 0 saturated heterocycles. The van der Waals surface area contributed by atoms with Crippen molar-refractivity contribution < 1.29 is 9.84 Å². The number of hydrogen-bond acceptors (Lipinski definition) is 4. The van der Waals surface area contributed by atoms with Gasteiger partial charge < -0.3 is 9.84 Å². The third kappa shape index (κ3) is 5.23. The molecule has 0 aromatic carbocycles. The van der Waals surface area contributed by atoms with E-state index in [0.29, 0.717) is 18.9 Å². The van der Waals surface area contributed by atoms with Crippen LogP contribution in [-0.4, -0.2) is 39.9 Å². The Bertz CT molecular complexity index is 287. The third-order valence-electron chi connectivity index (χ3n) is 2.26. The van der Waals surface area contributed by atoms with Crippen molar-refractivity contribution in [1.29, 1.82) is 0 Å². The van der Waals surface area contributed by atoms with Gasteiger partial charge in [-0.25, -0.2) is 4.68 Å². The summed E-state index contributed by atoms with van der Waals surface area (Å²) in [7, 11) is 0. The van der Waals surface area contributed by atoms with E-state index in [0.717, 1.165) is 25.3 Å². The van der Waals surface area contributed by atoms with Gasteiger partial charge in [-0.3, -0.25) is 0 Å². The quantitative estimate of drug-likeness (QED) is 0.670. The van der Waals surface area contributed by atoms with Crippen LogP contribution in [0.25, 0.3) is 0 Å². The van der Waals surface area contributed by atoms with Gasteiger partial charge in [0.1, 0.15) is 0 Å². The fraction of sp³-hybridized carbons (Fsp3) is 0.818. The summed E-state index contributed by atoms with van der Waals surface area (Å²) in [5, 5.41) is 16.6. The Morgan fingerprint density at radius 2 is 2.25 bits per heavy atom. The number of aliphatic hydroxyl groups excluding tert-OH is 1. The highest BCUT2D eigenvalue weighted by molar-refractivity contribution is 4.91. The van der Waals surface area contributed by atoms with Gasteiger partial charge in [-0.15, -0.1) is 5.10 Å². The van der Waals surface area contributed by atoms with Gasteiger partial charge in [0.25, 0.3) is 0 Å². The van der Waals surface area contributed by atoms with Gasteiger partial charge in [0, 0.05) is 25.8 Å². The van der Waals surface area contributed by atoms with Crippen LogP contribution in [0.2, 0.25) is 0 Å². The Morgan fingerprint density at radius 3 is 2.94 bits per heavy atom. The second-order valence-electron chi connectivity index (χ2n) is 4.24. The first kappa shape index (κ1) is 13.1. The van der Waals surface area contributed by atoms with Gasteiger partial charge in [-0.1, -0.05) is 19.1 Å². The van der Waals surface area contributed by atoms with E-state index in [9.17, 15) is 0 Å². The lowest BCUT2D eigenvalue weighted by molar-refractivity contribution is 0.113. The van der Waals surface area contributed by atoms with Gasteiger partial charge in [-0.05, 0) is 12.3 Å². The van der Waals surface area contributed by atoms with Crippen molar-refractivity contribution >= 4 is 0 Å². The van der Waals surface area contributed by atoms with Crippen LogP contribution < -0.4 is 0 Å². The minimum Gasteiger partial charge on any atom is -0.396 e. The van der Waals surface area contributed by atoms with Gasteiger partial charge in [-0.2, -0.15) is 0 Å². The molecular weight excluding hydrogens is 206 g/mol. The molecule has 16 heavy (non-hydrogen) atoms. The molecule has 0 unspecified atom stereocenters. The van der Waals surface area contributed by atoms with E-state index in [4.69, 9.17) is 9.84 Å². The minimum atomic E-state index is 0.115. The highest BCUT2D eigenvalue weighted by Gasteiger charge is 2.00. The average molecular weight is 227 g/mol. The summed E-state index contributed by atoms with van der Waals surface area (Å²) in [6.45, 7) is 6.66. The van der Waals surface area contributed by atoms with Gasteiger partial charge in [0.05, 0.1) is 18.8 Å². The summed E-state index contributed by atoms with van der Waals surface area (Å²) < 4.78 is 7.23. The smallest absolute Gasteiger partial charge is 0.0849 e. The van der Waals surface area contributed by atoms with Crippen LogP contribution in [0.15, 0.2) is 6.20 Å². The number of hydrogen-bond donors (Lipinski definition) is 1. The molecule has 1 aromatic rings. The monoisotopic (exact) mass is 227 g/mol. The SMILES string of the molecule is CC(C)CCOCCn1cc(CCO)nn1. The zero-order valence-electron chi connectivity index (χ0n) is 10.1. The molecule has 0 bridgehead atoms. The van der Waals surface area contributed by atoms with Crippen molar-refractivity contribution in [2.75, 3.05) is 19.8 Å². The normalized spacial score (nSPS) is 11.2. The molecule has 0 aliphatic carbocycles. The van der Waals surface area contributed by atoms with E-state index in [1.54, 1.807) is 4.68 Å². The molecule has 5 nitrogen and oxygen atoms in total. The molecule has 0 atom stereocenters. The van der Waals surface area contributed by atoms with Crippen molar-refractivity contribution in [1.82, 2.24) is 15.0 Å². The van der Waals surface area contributed by atoms with E-state index in [1.165, 1.54) is 0 Å². The van der Waals surface area contributed by atoms with E-state index in [-0.39, 0.29) is 6.61 Å². The fourth-order valence-corrected chi connectivity index (χ4v) is 1.26. The zero-order valence-corrected chi connectivity index (χ0v) is 10.1. The van der Waals surface area contributed by atoms with E-state index >= 15 is 0 Å². The molecule has 0 aliphatic heterocycles. The number of aliphatic hydroxyl groups is 1. The number of nitrogens with zero attached hydrogens (tertiary/aromatic N) is 3. The maximum atomic E-state index is 8.73. The van der Waals surface area contributed by atoms with Crippen molar-refractivity contribution in [3.05, 3.63) is 11.9 Å². The highest BCUT2D eigenvalue weighted by atomic mass is 16.5. The molecule has 0 saturated carbocycles. The second kappa shape index (κ2) is 7.35. The lowest BCUT2D eigenvalue weighted by atomic mass is 10.1. The molecule has 0 aliphatic rings. The molecule has 1 heterocycles. The first-order chi connectivity index (χ1) is 7.72. The van der Waals surface area contributed by atoms with Crippen molar-refractivity contribution in [3.8, 4) is 0 Å². The molecule has 0 radical (unpaired) electrons. The maximum absolute atomic E-state index is 8.73. The predicted octanol–water partition coefficient (Wildman–Crippen LogP) is 0.876. The molecule has 5 heteroatoms.